The summed E-state index contributed by atoms with van der Waals surface area (Å²) < 4.78 is 8.54. The summed E-state index contributed by atoms with van der Waals surface area (Å²) in [6, 6.07) is 18.9. The van der Waals surface area contributed by atoms with E-state index in [1.165, 1.54) is 23.1 Å². The van der Waals surface area contributed by atoms with Gasteiger partial charge in [0.05, 0.1) is 24.4 Å². The average molecular weight is 517 g/mol. The number of carbonyl (C=O) groups excluding carboxylic acids is 1. The molecule has 0 saturated heterocycles. The minimum atomic E-state index is -0.453. The number of rotatable bonds is 8. The van der Waals surface area contributed by atoms with E-state index in [-0.39, 0.29) is 11.5 Å². The smallest absolute Gasteiger partial charge is 0.272 e. The van der Waals surface area contributed by atoms with Gasteiger partial charge in [0.2, 0.25) is 5.91 Å². The Bertz CT molecular complexity index is 1600. The Morgan fingerprint density at radius 1 is 1.17 bits per heavy atom. The normalized spacial score (nSPS) is 12.1. The van der Waals surface area contributed by atoms with Gasteiger partial charge in [0, 0.05) is 34.2 Å². The van der Waals surface area contributed by atoms with E-state index in [1.807, 2.05) is 61.5 Å². The van der Waals surface area contributed by atoms with Gasteiger partial charge >= 0.3 is 0 Å². The summed E-state index contributed by atoms with van der Waals surface area (Å²) in [5, 5.41) is 3.97. The molecule has 1 atom stereocenters. The number of hydrogen-bond acceptors (Lipinski definition) is 7. The van der Waals surface area contributed by atoms with Gasteiger partial charge in [-0.15, -0.1) is 11.3 Å². The van der Waals surface area contributed by atoms with Gasteiger partial charge in [-0.1, -0.05) is 49.0 Å². The molecule has 0 unspecified atom stereocenters. The van der Waals surface area contributed by atoms with Crippen molar-refractivity contribution in [3.05, 3.63) is 89.0 Å². The third kappa shape index (κ3) is 4.84. The number of nitrogens with zero attached hydrogens (tertiary/aromatic N) is 3. The van der Waals surface area contributed by atoms with Gasteiger partial charge in [-0.3, -0.25) is 19.1 Å². The number of amides is 1. The minimum Gasteiger partial charge on any atom is -0.497 e. The number of nitrogens with one attached hydrogen (secondary N) is 1. The van der Waals surface area contributed by atoms with Crippen LogP contribution in [0.3, 0.4) is 0 Å². The number of anilines is 1. The molecule has 182 valence electrons. The molecule has 3 heterocycles. The SMILES string of the molecule is CC[C@@H](Sc1nc2c(sc3ccccc32)c(=O)n1Cc1cccnc1)C(=O)Nc1cccc(OC)c1. The molecular formula is C27H24N4O3S2. The Kier molecular flexibility index (Phi) is 7.02. The Morgan fingerprint density at radius 2 is 2.03 bits per heavy atom. The predicted octanol–water partition coefficient (Wildman–Crippen LogP) is 5.57. The number of carbonyl (C=O) groups is 1. The maximum atomic E-state index is 13.7. The summed E-state index contributed by atoms with van der Waals surface area (Å²) in [7, 11) is 1.59. The highest BCUT2D eigenvalue weighted by Crippen LogP contribution is 2.33. The fourth-order valence-corrected chi connectivity index (χ4v) is 6.03. The lowest BCUT2D eigenvalue weighted by Crippen LogP contribution is -2.28. The number of fused-ring (bicyclic) bond motifs is 3. The predicted molar refractivity (Wildman–Crippen MR) is 146 cm³/mol. The van der Waals surface area contributed by atoms with Crippen LogP contribution < -0.4 is 15.6 Å². The Balaban J connectivity index is 1.55. The van der Waals surface area contributed by atoms with E-state index < -0.39 is 5.25 Å². The molecule has 7 nitrogen and oxygen atoms in total. The van der Waals surface area contributed by atoms with Crippen LogP contribution in [0.15, 0.2) is 83.0 Å². The first-order valence-electron chi connectivity index (χ1n) is 11.5. The van der Waals surface area contributed by atoms with Crippen molar-refractivity contribution in [3.8, 4) is 5.75 Å². The van der Waals surface area contributed by atoms with Crippen LogP contribution in [0.4, 0.5) is 5.69 Å². The molecule has 0 saturated carbocycles. The van der Waals surface area contributed by atoms with Crippen LogP contribution in [0.1, 0.15) is 18.9 Å². The quantitative estimate of drug-likeness (QED) is 0.214. The van der Waals surface area contributed by atoms with Crippen LogP contribution in [0, 0.1) is 0 Å². The van der Waals surface area contributed by atoms with Crippen LogP contribution >= 0.6 is 23.1 Å². The summed E-state index contributed by atoms with van der Waals surface area (Å²) in [5.41, 5.74) is 2.10. The first kappa shape index (κ1) is 24.0. The number of thiophene rings is 1. The highest BCUT2D eigenvalue weighted by atomic mass is 32.2. The van der Waals surface area contributed by atoms with E-state index >= 15 is 0 Å². The summed E-state index contributed by atoms with van der Waals surface area (Å²) >= 11 is 2.75. The van der Waals surface area contributed by atoms with Gasteiger partial charge in [0.15, 0.2) is 5.16 Å². The molecule has 0 aliphatic carbocycles. The van der Waals surface area contributed by atoms with Gasteiger partial charge in [0.1, 0.15) is 10.4 Å². The molecule has 9 heteroatoms. The van der Waals surface area contributed by atoms with Crippen LogP contribution in [0.5, 0.6) is 5.75 Å². The monoisotopic (exact) mass is 516 g/mol. The second kappa shape index (κ2) is 10.5. The number of methoxy groups -OCH3 is 1. The molecule has 3 aromatic heterocycles. The second-order valence-corrected chi connectivity index (χ2v) is 10.4. The highest BCUT2D eigenvalue weighted by Gasteiger charge is 2.24. The largest absolute Gasteiger partial charge is 0.497 e. The van der Waals surface area contributed by atoms with Crippen LogP contribution in [-0.4, -0.2) is 32.8 Å². The van der Waals surface area contributed by atoms with E-state index in [2.05, 4.69) is 10.3 Å². The fourth-order valence-electron chi connectivity index (χ4n) is 3.93. The van der Waals surface area contributed by atoms with Crippen LogP contribution in [-0.2, 0) is 11.3 Å². The standard InChI is InChI=1S/C27H24N4O3S2/c1-3-21(25(32)29-18-9-6-10-19(14-18)34-2)36-27-30-23-20-11-4-5-12-22(20)35-24(23)26(33)31(27)16-17-8-7-13-28-15-17/h4-15,21H,3,16H2,1-2H3,(H,29,32)/t21-/m1/s1. The van der Waals surface area contributed by atoms with Crippen molar-refractivity contribution in [2.24, 2.45) is 0 Å². The average Bonchev–Trinajstić information content (AvgIpc) is 3.28. The molecular weight excluding hydrogens is 492 g/mol. The minimum absolute atomic E-state index is 0.115. The topological polar surface area (TPSA) is 86.1 Å². The number of aromatic nitrogens is 3. The van der Waals surface area contributed by atoms with Crippen molar-refractivity contribution >= 4 is 55.0 Å². The third-order valence-corrected chi connectivity index (χ3v) is 8.26. The molecule has 0 aliphatic heterocycles. The molecule has 0 radical (unpaired) electrons. The number of benzene rings is 2. The highest BCUT2D eigenvalue weighted by molar-refractivity contribution is 8.00. The maximum Gasteiger partial charge on any atom is 0.272 e. The van der Waals surface area contributed by atoms with Crippen molar-refractivity contribution in [2.75, 3.05) is 12.4 Å². The summed E-state index contributed by atoms with van der Waals surface area (Å²) in [6.45, 7) is 2.27. The molecule has 36 heavy (non-hydrogen) atoms. The first-order valence-corrected chi connectivity index (χ1v) is 13.2. The lowest BCUT2D eigenvalue weighted by Gasteiger charge is -2.18. The number of ether oxygens (including phenoxy) is 1. The zero-order chi connectivity index (χ0) is 25.1. The fraction of sp³-hybridized carbons (Fsp3) is 0.185. The molecule has 1 N–H and O–H groups in total. The van der Waals surface area contributed by atoms with Crippen molar-refractivity contribution in [1.29, 1.82) is 0 Å². The van der Waals surface area contributed by atoms with E-state index in [0.717, 1.165) is 15.6 Å². The molecule has 5 rings (SSSR count). The summed E-state index contributed by atoms with van der Waals surface area (Å²) in [4.78, 5) is 36.1. The van der Waals surface area contributed by atoms with Gasteiger partial charge in [-0.05, 0) is 36.2 Å². The summed E-state index contributed by atoms with van der Waals surface area (Å²) in [6.07, 6.45) is 4.00. The lowest BCUT2D eigenvalue weighted by atomic mass is 10.2. The maximum absolute atomic E-state index is 13.7. The number of pyridine rings is 1. The zero-order valence-electron chi connectivity index (χ0n) is 19.8. The molecule has 0 aliphatic rings. The molecule has 2 aromatic carbocycles. The Morgan fingerprint density at radius 3 is 2.81 bits per heavy atom. The third-order valence-electron chi connectivity index (χ3n) is 5.76. The molecule has 1 amide bonds. The Labute approximate surface area is 216 Å². The Hall–Kier alpha value is -3.69. The van der Waals surface area contributed by atoms with Gasteiger partial charge in [-0.25, -0.2) is 4.98 Å². The van der Waals surface area contributed by atoms with Crippen molar-refractivity contribution in [2.45, 2.75) is 30.3 Å². The van der Waals surface area contributed by atoms with E-state index in [1.54, 1.807) is 30.1 Å². The molecule has 0 fully saturated rings. The molecule has 0 bridgehead atoms. The number of thioether (sulfide) groups is 1. The zero-order valence-corrected chi connectivity index (χ0v) is 21.4. The van der Waals surface area contributed by atoms with E-state index in [0.29, 0.717) is 39.8 Å². The van der Waals surface area contributed by atoms with E-state index in [9.17, 15) is 9.59 Å². The van der Waals surface area contributed by atoms with E-state index in [4.69, 9.17) is 9.72 Å². The van der Waals surface area contributed by atoms with Crippen molar-refractivity contribution < 1.29 is 9.53 Å². The summed E-state index contributed by atoms with van der Waals surface area (Å²) in [5.74, 6) is 0.503. The first-order chi connectivity index (χ1) is 17.6. The van der Waals surface area contributed by atoms with Gasteiger partial charge < -0.3 is 10.1 Å². The molecule has 5 aromatic rings. The lowest BCUT2D eigenvalue weighted by molar-refractivity contribution is -0.115. The van der Waals surface area contributed by atoms with Crippen LogP contribution in [0.25, 0.3) is 20.3 Å². The second-order valence-electron chi connectivity index (χ2n) is 8.16. The van der Waals surface area contributed by atoms with Gasteiger partial charge in [-0.2, -0.15) is 0 Å². The van der Waals surface area contributed by atoms with Crippen LogP contribution in [0.2, 0.25) is 0 Å². The van der Waals surface area contributed by atoms with Crippen molar-refractivity contribution in [1.82, 2.24) is 14.5 Å². The number of hydrogen-bond donors (Lipinski definition) is 1. The molecule has 0 spiro atoms. The van der Waals surface area contributed by atoms with Crippen molar-refractivity contribution in [3.63, 3.8) is 0 Å². The van der Waals surface area contributed by atoms with Gasteiger partial charge in [0.25, 0.3) is 5.56 Å².